The average molecular weight is 309 g/mol. The molecule has 0 aromatic carbocycles. The summed E-state index contributed by atoms with van der Waals surface area (Å²) in [5, 5.41) is 10.0. The Hall–Kier alpha value is -1.14. The first-order chi connectivity index (χ1) is 10.1. The van der Waals surface area contributed by atoms with Gasteiger partial charge in [-0.15, -0.1) is 11.8 Å². The highest BCUT2D eigenvalue weighted by atomic mass is 32.2. The number of rotatable bonds is 5. The third kappa shape index (κ3) is 3.55. The van der Waals surface area contributed by atoms with Crippen LogP contribution in [0.15, 0.2) is 5.03 Å². The third-order valence-corrected chi connectivity index (χ3v) is 4.63. The summed E-state index contributed by atoms with van der Waals surface area (Å²) in [6.07, 6.45) is 6.26. The minimum atomic E-state index is -0.0437. The van der Waals surface area contributed by atoms with E-state index in [1.54, 1.807) is 0 Å². The second kappa shape index (κ2) is 7.22. The second-order valence-corrected chi connectivity index (χ2v) is 6.20. The molecular formula is C15H23N3O2S. The Morgan fingerprint density at radius 3 is 2.57 bits per heavy atom. The molecule has 0 bridgehead atoms. The molecule has 1 fully saturated rings. The lowest BCUT2D eigenvalue weighted by atomic mass is 10.1. The zero-order chi connectivity index (χ0) is 15.4. The first-order valence-corrected chi connectivity index (χ1v) is 8.62. The summed E-state index contributed by atoms with van der Waals surface area (Å²) in [5.74, 6) is 0.640. The normalized spacial score (nSPS) is 15.4. The van der Waals surface area contributed by atoms with Crippen LogP contribution in [0.5, 0.6) is 0 Å². The van der Waals surface area contributed by atoms with E-state index in [1.165, 1.54) is 11.8 Å². The fraction of sp³-hybridized carbons (Fsp3) is 0.667. The van der Waals surface area contributed by atoms with E-state index < -0.39 is 0 Å². The van der Waals surface area contributed by atoms with Gasteiger partial charge in [0.1, 0.15) is 10.9 Å². The quantitative estimate of drug-likeness (QED) is 0.667. The van der Waals surface area contributed by atoms with Crippen molar-refractivity contribution in [2.24, 2.45) is 0 Å². The maximum absolute atomic E-state index is 13.0. The number of hydrogen-bond donors (Lipinski definition) is 1. The van der Waals surface area contributed by atoms with Crippen LogP contribution in [0.3, 0.4) is 0 Å². The van der Waals surface area contributed by atoms with Gasteiger partial charge in [-0.05, 0) is 32.9 Å². The Labute approximate surface area is 130 Å². The van der Waals surface area contributed by atoms with Crippen LogP contribution in [0.2, 0.25) is 0 Å². The smallest absolute Gasteiger partial charge is 0.258 e. The molecule has 0 unspecified atom stereocenters. The number of carbonyl (C=O) groups is 1. The van der Waals surface area contributed by atoms with Gasteiger partial charge in [0, 0.05) is 12.6 Å². The summed E-state index contributed by atoms with van der Waals surface area (Å²) in [5.41, 5.74) is 1.31. The van der Waals surface area contributed by atoms with Gasteiger partial charge in [-0.3, -0.25) is 4.79 Å². The van der Waals surface area contributed by atoms with E-state index in [0.29, 0.717) is 17.9 Å². The number of aliphatic hydroxyl groups excluding tert-OH is 1. The van der Waals surface area contributed by atoms with Gasteiger partial charge in [-0.1, -0.05) is 12.8 Å². The van der Waals surface area contributed by atoms with Crippen LogP contribution in [-0.2, 0) is 0 Å². The molecule has 0 spiro atoms. The Balaban J connectivity index is 2.36. The fourth-order valence-corrected chi connectivity index (χ4v) is 3.65. The summed E-state index contributed by atoms with van der Waals surface area (Å²) >= 11 is 1.47. The fourth-order valence-electron chi connectivity index (χ4n) is 2.99. The molecule has 0 radical (unpaired) electrons. The monoisotopic (exact) mass is 309 g/mol. The molecule has 1 heterocycles. The number of amides is 1. The summed E-state index contributed by atoms with van der Waals surface area (Å²) in [6.45, 7) is 4.06. The molecule has 116 valence electrons. The van der Waals surface area contributed by atoms with Crippen LogP contribution in [0, 0.1) is 13.8 Å². The molecule has 0 atom stereocenters. The molecule has 0 saturated heterocycles. The predicted octanol–water partition coefficient (Wildman–Crippen LogP) is 2.19. The van der Waals surface area contributed by atoms with Crippen LogP contribution in [0.25, 0.3) is 0 Å². The Bertz CT molecular complexity index is 516. The van der Waals surface area contributed by atoms with E-state index in [4.69, 9.17) is 0 Å². The number of thioether (sulfide) groups is 1. The summed E-state index contributed by atoms with van der Waals surface area (Å²) in [6, 6.07) is 0.236. The maximum atomic E-state index is 13.0. The highest BCUT2D eigenvalue weighted by Crippen LogP contribution is 2.28. The molecular weight excluding hydrogens is 286 g/mol. The molecule has 2 rings (SSSR count). The Morgan fingerprint density at radius 2 is 2.00 bits per heavy atom. The summed E-state index contributed by atoms with van der Waals surface area (Å²) in [7, 11) is 0. The standard InChI is InChI=1S/C15H23N3O2S/c1-10-13(14(21-3)17-11(2)16-10)15(20)18(8-9-19)12-6-4-5-7-12/h12,19H,4-9H2,1-3H3. The zero-order valence-electron chi connectivity index (χ0n) is 12.9. The van der Waals surface area contributed by atoms with Crippen LogP contribution in [-0.4, -0.2) is 51.3 Å². The molecule has 5 nitrogen and oxygen atoms in total. The Kier molecular flexibility index (Phi) is 5.58. The number of nitrogens with zero attached hydrogens (tertiary/aromatic N) is 3. The van der Waals surface area contributed by atoms with Crippen LogP contribution >= 0.6 is 11.8 Å². The first kappa shape index (κ1) is 16.2. The van der Waals surface area contributed by atoms with Crippen molar-refractivity contribution in [3.8, 4) is 0 Å². The van der Waals surface area contributed by atoms with Gasteiger partial charge >= 0.3 is 0 Å². The van der Waals surface area contributed by atoms with Crippen molar-refractivity contribution in [1.29, 1.82) is 0 Å². The molecule has 1 aromatic heterocycles. The molecule has 6 heteroatoms. The van der Waals surface area contributed by atoms with Gasteiger partial charge < -0.3 is 10.0 Å². The highest BCUT2D eigenvalue weighted by molar-refractivity contribution is 7.98. The molecule has 0 aliphatic heterocycles. The van der Waals surface area contributed by atoms with Gasteiger partial charge in [0.15, 0.2) is 0 Å². The van der Waals surface area contributed by atoms with Crippen molar-refractivity contribution in [2.75, 3.05) is 19.4 Å². The van der Waals surface area contributed by atoms with Gasteiger partial charge in [0.2, 0.25) is 0 Å². The molecule has 1 aliphatic carbocycles. The third-order valence-electron chi connectivity index (χ3n) is 3.94. The second-order valence-electron chi connectivity index (χ2n) is 5.40. The molecule has 21 heavy (non-hydrogen) atoms. The van der Waals surface area contributed by atoms with Crippen molar-refractivity contribution in [3.63, 3.8) is 0 Å². The number of aliphatic hydroxyl groups is 1. The lowest BCUT2D eigenvalue weighted by molar-refractivity contribution is 0.0632. The van der Waals surface area contributed by atoms with Crippen LogP contribution in [0.1, 0.15) is 47.6 Å². The molecule has 1 amide bonds. The number of carbonyl (C=O) groups excluding carboxylic acids is 1. The van der Waals surface area contributed by atoms with Crippen LogP contribution in [0.4, 0.5) is 0 Å². The predicted molar refractivity (Wildman–Crippen MR) is 83.7 cm³/mol. The van der Waals surface area contributed by atoms with Crippen molar-refractivity contribution in [3.05, 3.63) is 17.1 Å². The maximum Gasteiger partial charge on any atom is 0.258 e. The number of aromatic nitrogens is 2. The average Bonchev–Trinajstić information content (AvgIpc) is 2.97. The lowest BCUT2D eigenvalue weighted by Gasteiger charge is -2.29. The van der Waals surface area contributed by atoms with E-state index in [9.17, 15) is 9.90 Å². The lowest BCUT2D eigenvalue weighted by Crippen LogP contribution is -2.41. The largest absolute Gasteiger partial charge is 0.395 e. The van der Waals surface area contributed by atoms with Gasteiger partial charge in [-0.25, -0.2) is 9.97 Å². The van der Waals surface area contributed by atoms with E-state index in [1.807, 2.05) is 25.0 Å². The summed E-state index contributed by atoms with van der Waals surface area (Å²) in [4.78, 5) is 23.5. The zero-order valence-corrected chi connectivity index (χ0v) is 13.7. The molecule has 1 aromatic rings. The molecule has 1 N–H and O–H groups in total. The van der Waals surface area contributed by atoms with Crippen molar-refractivity contribution >= 4 is 17.7 Å². The highest BCUT2D eigenvalue weighted by Gasteiger charge is 2.30. The van der Waals surface area contributed by atoms with E-state index in [-0.39, 0.29) is 18.6 Å². The summed E-state index contributed by atoms with van der Waals surface area (Å²) < 4.78 is 0. The van der Waals surface area contributed by atoms with Gasteiger partial charge in [0.25, 0.3) is 5.91 Å². The van der Waals surface area contributed by atoms with Gasteiger partial charge in [-0.2, -0.15) is 0 Å². The van der Waals surface area contributed by atoms with Crippen molar-refractivity contribution < 1.29 is 9.90 Å². The van der Waals surface area contributed by atoms with E-state index >= 15 is 0 Å². The Morgan fingerprint density at radius 1 is 1.33 bits per heavy atom. The SMILES string of the molecule is CSc1nc(C)nc(C)c1C(=O)N(CCO)C1CCCC1. The van der Waals surface area contributed by atoms with Crippen molar-refractivity contribution in [1.82, 2.24) is 14.9 Å². The first-order valence-electron chi connectivity index (χ1n) is 7.39. The van der Waals surface area contributed by atoms with Gasteiger partial charge in [0.05, 0.1) is 17.9 Å². The minimum absolute atomic E-state index is 0.0113. The minimum Gasteiger partial charge on any atom is -0.395 e. The van der Waals surface area contributed by atoms with Crippen LogP contribution < -0.4 is 0 Å². The van der Waals surface area contributed by atoms with E-state index in [2.05, 4.69) is 9.97 Å². The molecule has 1 saturated carbocycles. The van der Waals surface area contributed by atoms with Crippen molar-refractivity contribution in [2.45, 2.75) is 50.6 Å². The topological polar surface area (TPSA) is 66.3 Å². The molecule has 1 aliphatic rings. The number of aryl methyl sites for hydroxylation is 2. The number of hydrogen-bond acceptors (Lipinski definition) is 5. The van der Waals surface area contributed by atoms with E-state index in [0.717, 1.165) is 36.4 Å².